The number of fused-ring (bicyclic) bond motifs is 1. The average molecular weight is 406 g/mol. The van der Waals surface area contributed by atoms with Gasteiger partial charge in [0.05, 0.1) is 11.9 Å². The number of carbonyl (C=O) groups is 2. The lowest BCUT2D eigenvalue weighted by Crippen LogP contribution is -2.43. The molecule has 7 heteroatoms. The fourth-order valence-electron chi connectivity index (χ4n) is 3.48. The van der Waals surface area contributed by atoms with E-state index in [2.05, 4.69) is 4.98 Å². The fourth-order valence-corrected chi connectivity index (χ4v) is 3.48. The number of hydrogen-bond donors (Lipinski definition) is 1. The van der Waals surface area contributed by atoms with Crippen molar-refractivity contribution in [3.63, 3.8) is 0 Å². The summed E-state index contributed by atoms with van der Waals surface area (Å²) in [6.45, 7) is 1.10. The molecule has 1 aromatic heterocycles. The quantitative estimate of drug-likeness (QED) is 0.691. The molecule has 0 bridgehead atoms. The first-order valence-electron chi connectivity index (χ1n) is 9.86. The maximum atomic E-state index is 12.5. The number of piperidine rings is 1. The Morgan fingerprint density at radius 2 is 1.77 bits per heavy atom. The minimum Gasteiger partial charge on any atom is -0.490 e. The molecule has 0 spiro atoms. The highest BCUT2D eigenvalue weighted by Crippen LogP contribution is 2.22. The van der Waals surface area contributed by atoms with Gasteiger partial charge in [-0.1, -0.05) is 18.2 Å². The normalized spacial score (nSPS) is 14.5. The van der Waals surface area contributed by atoms with Gasteiger partial charge in [0.25, 0.3) is 0 Å². The Balaban J connectivity index is 1.28. The lowest BCUT2D eigenvalue weighted by atomic mass is 10.1. The van der Waals surface area contributed by atoms with E-state index in [1.54, 1.807) is 47.5 Å². The molecule has 2 aromatic carbocycles. The molecular weight excluding hydrogens is 384 g/mol. The molecule has 0 radical (unpaired) electrons. The molecule has 1 fully saturated rings. The summed E-state index contributed by atoms with van der Waals surface area (Å²) in [5, 5.41) is 9.82. The van der Waals surface area contributed by atoms with Gasteiger partial charge in [0.1, 0.15) is 17.6 Å². The van der Waals surface area contributed by atoms with E-state index >= 15 is 0 Å². The number of amides is 1. The Morgan fingerprint density at radius 1 is 1.03 bits per heavy atom. The number of hydrogen-bond acceptors (Lipinski definition) is 5. The summed E-state index contributed by atoms with van der Waals surface area (Å²) in [6.07, 6.45) is 2.73. The van der Waals surface area contributed by atoms with Crippen LogP contribution in [0, 0.1) is 0 Å². The van der Waals surface area contributed by atoms with Crippen LogP contribution in [0.4, 0.5) is 4.79 Å². The summed E-state index contributed by atoms with van der Waals surface area (Å²) < 4.78 is 11.5. The highest BCUT2D eigenvalue weighted by atomic mass is 16.6. The molecule has 0 aliphatic carbocycles. The average Bonchev–Trinajstić information content (AvgIpc) is 2.75. The van der Waals surface area contributed by atoms with E-state index < -0.39 is 5.97 Å². The summed E-state index contributed by atoms with van der Waals surface area (Å²) in [5.41, 5.74) is 1.51. The Bertz CT molecular complexity index is 1040. The van der Waals surface area contributed by atoms with Crippen molar-refractivity contribution in [3.8, 4) is 11.5 Å². The van der Waals surface area contributed by atoms with Crippen LogP contribution in [0.25, 0.3) is 10.9 Å². The van der Waals surface area contributed by atoms with E-state index in [1.165, 1.54) is 0 Å². The zero-order valence-electron chi connectivity index (χ0n) is 16.4. The van der Waals surface area contributed by atoms with Crippen molar-refractivity contribution in [2.75, 3.05) is 13.1 Å². The summed E-state index contributed by atoms with van der Waals surface area (Å²) in [6, 6.07) is 16.3. The van der Waals surface area contributed by atoms with Crippen LogP contribution in [0.5, 0.6) is 11.5 Å². The summed E-state index contributed by atoms with van der Waals surface area (Å²) in [7, 11) is 0. The summed E-state index contributed by atoms with van der Waals surface area (Å²) in [5.74, 6) is 0.322. The van der Waals surface area contributed by atoms with Crippen LogP contribution >= 0.6 is 0 Å². The second-order valence-corrected chi connectivity index (χ2v) is 7.24. The van der Waals surface area contributed by atoms with Gasteiger partial charge >= 0.3 is 12.1 Å². The van der Waals surface area contributed by atoms with Gasteiger partial charge in [0, 0.05) is 43.6 Å². The number of aliphatic carboxylic acids is 1. The van der Waals surface area contributed by atoms with Crippen molar-refractivity contribution in [1.29, 1.82) is 0 Å². The molecule has 0 atom stereocenters. The predicted molar refractivity (Wildman–Crippen MR) is 111 cm³/mol. The molecule has 1 aliphatic rings. The van der Waals surface area contributed by atoms with Crippen molar-refractivity contribution in [3.05, 3.63) is 66.4 Å². The third-order valence-corrected chi connectivity index (χ3v) is 5.06. The lowest BCUT2D eigenvalue weighted by molar-refractivity contribution is -0.136. The van der Waals surface area contributed by atoms with Crippen LogP contribution in [0.2, 0.25) is 0 Å². The second-order valence-electron chi connectivity index (χ2n) is 7.24. The van der Waals surface area contributed by atoms with Gasteiger partial charge in [-0.05, 0) is 35.9 Å². The number of benzene rings is 2. The lowest BCUT2D eigenvalue weighted by Gasteiger charge is -2.31. The monoisotopic (exact) mass is 406 g/mol. The van der Waals surface area contributed by atoms with Gasteiger partial charge in [0.15, 0.2) is 0 Å². The minimum absolute atomic E-state index is 0.00393. The van der Waals surface area contributed by atoms with Gasteiger partial charge in [-0.3, -0.25) is 9.78 Å². The van der Waals surface area contributed by atoms with Crippen molar-refractivity contribution in [2.45, 2.75) is 25.4 Å². The zero-order valence-corrected chi connectivity index (χ0v) is 16.4. The Hall–Kier alpha value is -3.61. The predicted octanol–water partition coefficient (Wildman–Crippen LogP) is 3.90. The van der Waals surface area contributed by atoms with Gasteiger partial charge in [-0.15, -0.1) is 0 Å². The summed E-state index contributed by atoms with van der Waals surface area (Å²) in [4.78, 5) is 29.2. The number of pyridine rings is 1. The molecular formula is C23H22N2O5. The summed E-state index contributed by atoms with van der Waals surface area (Å²) >= 11 is 0. The topological polar surface area (TPSA) is 89.0 Å². The van der Waals surface area contributed by atoms with E-state index in [-0.39, 0.29) is 18.6 Å². The first kappa shape index (κ1) is 19.7. The number of aromatic nitrogens is 1. The van der Waals surface area contributed by atoms with Gasteiger partial charge in [0.2, 0.25) is 0 Å². The fraction of sp³-hybridized carbons (Fsp3) is 0.261. The molecule has 1 N–H and O–H groups in total. The third kappa shape index (κ3) is 4.86. The van der Waals surface area contributed by atoms with Crippen molar-refractivity contribution >= 4 is 23.0 Å². The highest BCUT2D eigenvalue weighted by molar-refractivity contribution is 5.81. The maximum Gasteiger partial charge on any atom is 0.415 e. The van der Waals surface area contributed by atoms with Crippen LogP contribution in [0.3, 0.4) is 0 Å². The van der Waals surface area contributed by atoms with E-state index in [0.717, 1.165) is 16.5 Å². The maximum absolute atomic E-state index is 12.5. The number of carboxylic acids is 1. The van der Waals surface area contributed by atoms with Crippen LogP contribution in [0.15, 0.2) is 60.8 Å². The largest absolute Gasteiger partial charge is 0.490 e. The van der Waals surface area contributed by atoms with Crippen LogP contribution in [-0.2, 0) is 11.2 Å². The van der Waals surface area contributed by atoms with Crippen molar-refractivity contribution in [1.82, 2.24) is 9.88 Å². The van der Waals surface area contributed by atoms with E-state index in [0.29, 0.717) is 37.4 Å². The smallest absolute Gasteiger partial charge is 0.415 e. The first-order valence-corrected chi connectivity index (χ1v) is 9.86. The zero-order chi connectivity index (χ0) is 20.9. The molecule has 0 saturated carbocycles. The van der Waals surface area contributed by atoms with E-state index in [1.807, 2.05) is 18.2 Å². The highest BCUT2D eigenvalue weighted by Gasteiger charge is 2.25. The van der Waals surface area contributed by atoms with E-state index in [4.69, 9.17) is 14.6 Å². The minimum atomic E-state index is -0.858. The van der Waals surface area contributed by atoms with Crippen LogP contribution in [-0.4, -0.2) is 46.2 Å². The number of carbonyl (C=O) groups excluding carboxylic acids is 1. The number of rotatable bonds is 5. The van der Waals surface area contributed by atoms with Crippen LogP contribution < -0.4 is 9.47 Å². The van der Waals surface area contributed by atoms with Crippen molar-refractivity contribution < 1.29 is 24.2 Å². The standard InChI is InChI=1S/C23H22N2O5/c26-22(27)14-16-3-6-18(7-4-16)29-19-9-12-25(13-10-19)23(28)30-20-8-5-17-2-1-11-24-21(17)15-20/h1-8,11,15,19H,9-10,12-14H2,(H,26,27). The van der Waals surface area contributed by atoms with Gasteiger partial charge < -0.3 is 19.5 Å². The molecule has 30 heavy (non-hydrogen) atoms. The molecule has 4 rings (SSSR count). The molecule has 3 aromatic rings. The molecule has 1 aliphatic heterocycles. The molecule has 1 amide bonds. The van der Waals surface area contributed by atoms with Gasteiger partial charge in [-0.25, -0.2) is 4.79 Å². The van der Waals surface area contributed by atoms with E-state index in [9.17, 15) is 9.59 Å². The SMILES string of the molecule is O=C(O)Cc1ccc(OC2CCN(C(=O)Oc3ccc4cccnc4c3)CC2)cc1. The van der Waals surface area contributed by atoms with Gasteiger partial charge in [-0.2, -0.15) is 0 Å². The van der Waals surface area contributed by atoms with Crippen molar-refractivity contribution in [2.24, 2.45) is 0 Å². The molecule has 1 saturated heterocycles. The number of carboxylic acid groups (broad SMARTS) is 1. The third-order valence-electron chi connectivity index (χ3n) is 5.06. The Labute approximate surface area is 173 Å². The number of ether oxygens (including phenoxy) is 2. The molecule has 2 heterocycles. The van der Waals surface area contributed by atoms with Crippen LogP contribution in [0.1, 0.15) is 18.4 Å². The molecule has 7 nitrogen and oxygen atoms in total. The molecule has 0 unspecified atom stereocenters. The second kappa shape index (κ2) is 8.82. The Kier molecular flexibility index (Phi) is 5.79. The number of likely N-dealkylation sites (tertiary alicyclic amines) is 1. The first-order chi connectivity index (χ1) is 14.6. The number of nitrogens with zero attached hydrogens (tertiary/aromatic N) is 2. The Morgan fingerprint density at radius 3 is 2.50 bits per heavy atom. The molecule has 154 valence electrons.